The third-order valence-corrected chi connectivity index (χ3v) is 4.83. The number of carbonyl (C=O) groups is 1. The second kappa shape index (κ2) is 9.91. The van der Waals surface area contributed by atoms with Crippen LogP contribution in [0.4, 0.5) is 5.69 Å². The van der Waals surface area contributed by atoms with Gasteiger partial charge in [0.25, 0.3) is 11.6 Å². The number of rotatable bonds is 9. The number of carbonyl (C=O) groups excluding carboxylic acids is 1. The first kappa shape index (κ1) is 22.2. The van der Waals surface area contributed by atoms with E-state index in [1.807, 2.05) is 6.92 Å². The molecule has 0 saturated heterocycles. The number of nitro groups is 1. The molecule has 0 N–H and O–H groups in total. The van der Waals surface area contributed by atoms with E-state index in [9.17, 15) is 14.9 Å². The molecule has 0 fully saturated rings. The largest absolute Gasteiger partial charge is 0.493 e. The first-order chi connectivity index (χ1) is 13.7. The van der Waals surface area contributed by atoms with Gasteiger partial charge < -0.3 is 14.4 Å². The normalized spacial score (nSPS) is 11.8. The van der Waals surface area contributed by atoms with Crippen molar-refractivity contribution in [2.75, 3.05) is 20.8 Å². The van der Waals surface area contributed by atoms with Gasteiger partial charge in [-0.05, 0) is 43.0 Å². The van der Waals surface area contributed by atoms with Crippen LogP contribution >= 0.6 is 0 Å². The van der Waals surface area contributed by atoms with E-state index in [4.69, 9.17) is 9.47 Å². The molecule has 0 aliphatic carbocycles. The van der Waals surface area contributed by atoms with Crippen molar-refractivity contribution < 1.29 is 19.2 Å². The Morgan fingerprint density at radius 1 is 1.14 bits per heavy atom. The van der Waals surface area contributed by atoms with E-state index in [0.29, 0.717) is 35.2 Å². The van der Waals surface area contributed by atoms with Gasteiger partial charge in [-0.3, -0.25) is 14.9 Å². The number of ether oxygens (including phenoxy) is 2. The van der Waals surface area contributed by atoms with Crippen LogP contribution < -0.4 is 9.47 Å². The molecule has 1 atom stereocenters. The highest BCUT2D eigenvalue weighted by molar-refractivity contribution is 5.95. The highest BCUT2D eigenvalue weighted by atomic mass is 16.6. The molecule has 0 aliphatic rings. The molecule has 0 aromatic heterocycles. The monoisotopic (exact) mass is 400 g/mol. The summed E-state index contributed by atoms with van der Waals surface area (Å²) in [5.41, 5.74) is 1.15. The predicted octanol–water partition coefficient (Wildman–Crippen LogP) is 4.86. The van der Waals surface area contributed by atoms with E-state index >= 15 is 0 Å². The molecular weight excluding hydrogens is 372 g/mol. The minimum Gasteiger partial charge on any atom is -0.493 e. The fraction of sp³-hybridized carbons (Fsp3) is 0.409. The minimum absolute atomic E-state index is 0.000215. The maximum atomic E-state index is 13.0. The molecule has 2 aromatic rings. The van der Waals surface area contributed by atoms with Gasteiger partial charge in [0.2, 0.25) is 0 Å². The lowest BCUT2D eigenvalue weighted by molar-refractivity contribution is -0.384. The number of benzene rings is 2. The summed E-state index contributed by atoms with van der Waals surface area (Å²) in [7, 11) is 3.21. The first-order valence-electron chi connectivity index (χ1n) is 9.57. The first-order valence-corrected chi connectivity index (χ1v) is 9.57. The Kier molecular flexibility index (Phi) is 7.59. The van der Waals surface area contributed by atoms with E-state index < -0.39 is 4.92 Å². The van der Waals surface area contributed by atoms with Gasteiger partial charge in [0.05, 0.1) is 24.7 Å². The third kappa shape index (κ3) is 5.70. The average molecular weight is 400 g/mol. The highest BCUT2D eigenvalue weighted by Crippen LogP contribution is 2.30. The molecule has 7 nitrogen and oxygen atoms in total. The molecule has 29 heavy (non-hydrogen) atoms. The predicted molar refractivity (Wildman–Crippen MR) is 112 cm³/mol. The zero-order valence-electron chi connectivity index (χ0n) is 17.5. The average Bonchev–Trinajstić information content (AvgIpc) is 2.72. The molecule has 0 heterocycles. The number of amides is 1. The van der Waals surface area contributed by atoms with Crippen LogP contribution in [0.5, 0.6) is 11.5 Å². The highest BCUT2D eigenvalue weighted by Gasteiger charge is 2.21. The second-order valence-electron chi connectivity index (χ2n) is 7.34. The van der Waals surface area contributed by atoms with E-state index in [0.717, 1.165) is 6.42 Å². The Morgan fingerprint density at radius 3 is 2.48 bits per heavy atom. The Balaban J connectivity index is 2.17. The SMILES string of the molecule is COc1cc(C(=O)N(C)[C@H](C)c2cccc([N+](=O)[O-])c2)ccc1OCCC(C)C. The van der Waals surface area contributed by atoms with Gasteiger partial charge in [-0.2, -0.15) is 0 Å². The van der Waals surface area contributed by atoms with E-state index in [2.05, 4.69) is 13.8 Å². The van der Waals surface area contributed by atoms with Crippen molar-refractivity contribution in [2.24, 2.45) is 5.92 Å². The summed E-state index contributed by atoms with van der Waals surface area (Å²) in [6, 6.07) is 11.1. The van der Waals surface area contributed by atoms with Crippen molar-refractivity contribution in [3.8, 4) is 11.5 Å². The molecule has 2 aromatic carbocycles. The number of hydrogen-bond acceptors (Lipinski definition) is 5. The van der Waals surface area contributed by atoms with Gasteiger partial charge in [-0.1, -0.05) is 26.0 Å². The zero-order valence-corrected chi connectivity index (χ0v) is 17.5. The molecule has 0 bridgehead atoms. The van der Waals surface area contributed by atoms with Gasteiger partial charge in [0, 0.05) is 24.7 Å². The minimum atomic E-state index is -0.444. The van der Waals surface area contributed by atoms with Crippen LogP contribution in [0, 0.1) is 16.0 Å². The summed E-state index contributed by atoms with van der Waals surface area (Å²) in [6.45, 7) is 6.66. The molecule has 2 rings (SSSR count). The van der Waals surface area contributed by atoms with E-state index in [1.165, 1.54) is 19.2 Å². The number of nitrogens with zero attached hydrogens (tertiary/aromatic N) is 2. The molecule has 156 valence electrons. The van der Waals surface area contributed by atoms with Crippen LogP contribution in [-0.2, 0) is 0 Å². The number of non-ortho nitro benzene ring substituents is 1. The molecule has 0 saturated carbocycles. The van der Waals surface area contributed by atoms with Gasteiger partial charge in [0.15, 0.2) is 11.5 Å². The molecule has 0 radical (unpaired) electrons. The van der Waals surface area contributed by atoms with Crippen molar-refractivity contribution in [1.29, 1.82) is 0 Å². The van der Waals surface area contributed by atoms with Gasteiger partial charge >= 0.3 is 0 Å². The summed E-state index contributed by atoms with van der Waals surface area (Å²) >= 11 is 0. The fourth-order valence-corrected chi connectivity index (χ4v) is 2.83. The fourth-order valence-electron chi connectivity index (χ4n) is 2.83. The molecule has 0 aliphatic heterocycles. The van der Waals surface area contributed by atoms with Crippen molar-refractivity contribution in [2.45, 2.75) is 33.2 Å². The smallest absolute Gasteiger partial charge is 0.269 e. The lowest BCUT2D eigenvalue weighted by atomic mass is 10.1. The Bertz CT molecular complexity index is 866. The van der Waals surface area contributed by atoms with Crippen molar-refractivity contribution in [3.63, 3.8) is 0 Å². The number of nitro benzene ring substituents is 1. The van der Waals surface area contributed by atoms with Crippen LogP contribution in [0.25, 0.3) is 0 Å². The molecule has 1 amide bonds. The van der Waals surface area contributed by atoms with Gasteiger partial charge in [-0.15, -0.1) is 0 Å². The lowest BCUT2D eigenvalue weighted by Gasteiger charge is -2.25. The topological polar surface area (TPSA) is 81.9 Å². The second-order valence-corrected chi connectivity index (χ2v) is 7.34. The van der Waals surface area contributed by atoms with Crippen LogP contribution in [0.1, 0.15) is 49.2 Å². The molecule has 0 unspecified atom stereocenters. The van der Waals surface area contributed by atoms with E-state index in [1.54, 1.807) is 42.3 Å². The van der Waals surface area contributed by atoms with Crippen LogP contribution in [0.15, 0.2) is 42.5 Å². The quantitative estimate of drug-likeness (QED) is 0.443. The summed E-state index contributed by atoms with van der Waals surface area (Å²) in [5.74, 6) is 1.41. The van der Waals surface area contributed by atoms with Gasteiger partial charge in [-0.25, -0.2) is 0 Å². The van der Waals surface area contributed by atoms with Crippen molar-refractivity contribution >= 4 is 11.6 Å². The maximum Gasteiger partial charge on any atom is 0.269 e. The van der Waals surface area contributed by atoms with Crippen LogP contribution in [0.2, 0.25) is 0 Å². The third-order valence-electron chi connectivity index (χ3n) is 4.83. The number of hydrogen-bond donors (Lipinski definition) is 0. The summed E-state index contributed by atoms with van der Waals surface area (Å²) in [6.07, 6.45) is 0.924. The lowest BCUT2D eigenvalue weighted by Crippen LogP contribution is -2.29. The van der Waals surface area contributed by atoms with E-state index in [-0.39, 0.29) is 17.6 Å². The van der Waals surface area contributed by atoms with Crippen LogP contribution in [0.3, 0.4) is 0 Å². The molecule has 7 heteroatoms. The Morgan fingerprint density at radius 2 is 1.86 bits per heavy atom. The molecule has 0 spiro atoms. The zero-order chi connectivity index (χ0) is 21.6. The standard InChI is InChI=1S/C22H28N2O5/c1-15(2)11-12-29-20-10-9-18(14-21(20)28-5)22(25)23(4)16(3)17-7-6-8-19(13-17)24(26)27/h6-10,13-16H,11-12H2,1-5H3/t16-/m1/s1. The van der Waals surface area contributed by atoms with Crippen LogP contribution in [-0.4, -0.2) is 36.5 Å². The Hall–Kier alpha value is -3.09. The van der Waals surface area contributed by atoms with Gasteiger partial charge in [0.1, 0.15) is 0 Å². The summed E-state index contributed by atoms with van der Waals surface area (Å²) < 4.78 is 11.2. The van der Waals surface area contributed by atoms with Crippen molar-refractivity contribution in [3.05, 3.63) is 63.7 Å². The maximum absolute atomic E-state index is 13.0. The Labute approximate surface area is 171 Å². The summed E-state index contributed by atoms with van der Waals surface area (Å²) in [5, 5.41) is 11.0. The summed E-state index contributed by atoms with van der Waals surface area (Å²) in [4.78, 5) is 25.1. The number of methoxy groups -OCH3 is 1. The van der Waals surface area contributed by atoms with Crippen molar-refractivity contribution in [1.82, 2.24) is 4.90 Å². The molecular formula is C22H28N2O5.